The maximum atomic E-state index is 12.4. The van der Waals surface area contributed by atoms with Crippen LogP contribution in [0.3, 0.4) is 0 Å². The molecule has 0 N–H and O–H groups in total. The smallest absolute Gasteiger partial charge is 0.397 e. The van der Waals surface area contributed by atoms with Gasteiger partial charge in [0.1, 0.15) is 6.10 Å². The molecule has 1 saturated heterocycles. The third-order valence-corrected chi connectivity index (χ3v) is 5.08. The third-order valence-electron chi connectivity index (χ3n) is 5.08. The molecule has 7 nitrogen and oxygen atoms in total. The molecule has 3 heterocycles. The Kier molecular flexibility index (Phi) is 4.36. The molecule has 2 aromatic rings. The Hall–Kier alpha value is -2.28. The molecule has 134 valence electrons. The first kappa shape index (κ1) is 17.5. The number of esters is 1. The molecule has 1 fully saturated rings. The van der Waals surface area contributed by atoms with Crippen molar-refractivity contribution in [2.45, 2.75) is 57.7 Å². The van der Waals surface area contributed by atoms with E-state index in [1.807, 2.05) is 0 Å². The van der Waals surface area contributed by atoms with Gasteiger partial charge < -0.3 is 9.26 Å². The highest BCUT2D eigenvalue weighted by molar-refractivity contribution is 5.84. The predicted molar refractivity (Wildman–Crippen MR) is 91.9 cm³/mol. The van der Waals surface area contributed by atoms with Crippen LogP contribution >= 0.6 is 0 Å². The molecule has 0 spiro atoms. The predicted octanol–water partition coefficient (Wildman–Crippen LogP) is 2.94. The molecule has 1 aliphatic rings. The minimum absolute atomic E-state index is 0.0657. The number of ether oxygens (including phenoxy) is 1. The summed E-state index contributed by atoms with van der Waals surface area (Å²) in [5, 5.41) is 3.85. The van der Waals surface area contributed by atoms with E-state index < -0.39 is 5.97 Å². The van der Waals surface area contributed by atoms with Crippen LogP contribution in [0.2, 0.25) is 0 Å². The lowest BCUT2D eigenvalue weighted by Gasteiger charge is -2.53. The topological polar surface area (TPSA) is 81.4 Å². The number of hydrogen-bond donors (Lipinski definition) is 0. The van der Waals surface area contributed by atoms with Gasteiger partial charge in [0.25, 0.3) is 0 Å². The van der Waals surface area contributed by atoms with Crippen molar-refractivity contribution in [3.63, 3.8) is 0 Å². The van der Waals surface area contributed by atoms with Crippen LogP contribution < -0.4 is 0 Å². The first-order chi connectivity index (χ1) is 11.7. The number of piperidine rings is 1. The van der Waals surface area contributed by atoms with Gasteiger partial charge in [0.2, 0.25) is 5.82 Å². The average molecular weight is 344 g/mol. The molecule has 0 amide bonds. The summed E-state index contributed by atoms with van der Waals surface area (Å²) < 4.78 is 10.8. The molecule has 1 aliphatic heterocycles. The number of nitrogens with zero attached hydrogens (tertiary/aromatic N) is 4. The second-order valence-corrected chi connectivity index (χ2v) is 7.78. The highest BCUT2D eigenvalue weighted by Crippen LogP contribution is 2.38. The quantitative estimate of drug-likeness (QED) is 0.792. The molecular weight excluding hydrogens is 320 g/mol. The van der Waals surface area contributed by atoms with Crippen LogP contribution in [0.1, 0.15) is 51.2 Å². The lowest BCUT2D eigenvalue weighted by atomic mass is 9.79. The van der Waals surface area contributed by atoms with E-state index in [4.69, 9.17) is 9.26 Å². The van der Waals surface area contributed by atoms with Crippen LogP contribution in [0.15, 0.2) is 29.0 Å². The van der Waals surface area contributed by atoms with Gasteiger partial charge in [0.15, 0.2) is 0 Å². The number of hydrogen-bond acceptors (Lipinski definition) is 7. The zero-order valence-corrected chi connectivity index (χ0v) is 15.3. The lowest BCUT2D eigenvalue weighted by Crippen LogP contribution is -2.60. The van der Waals surface area contributed by atoms with Crippen molar-refractivity contribution < 1.29 is 14.1 Å². The summed E-state index contributed by atoms with van der Waals surface area (Å²) in [6, 6.07) is 3.50. The van der Waals surface area contributed by atoms with Crippen molar-refractivity contribution in [2.24, 2.45) is 0 Å². The Morgan fingerprint density at radius 1 is 1.20 bits per heavy atom. The number of aromatic nitrogens is 3. The van der Waals surface area contributed by atoms with E-state index in [2.05, 4.69) is 54.8 Å². The van der Waals surface area contributed by atoms with E-state index in [9.17, 15) is 4.79 Å². The van der Waals surface area contributed by atoms with Gasteiger partial charge in [0, 0.05) is 41.9 Å². The third kappa shape index (κ3) is 3.56. The minimum Gasteiger partial charge on any atom is -0.455 e. The summed E-state index contributed by atoms with van der Waals surface area (Å²) in [7, 11) is 2.11. The zero-order valence-electron chi connectivity index (χ0n) is 15.3. The van der Waals surface area contributed by atoms with Gasteiger partial charge in [-0.15, -0.1) is 0 Å². The molecule has 7 heteroatoms. The van der Waals surface area contributed by atoms with Gasteiger partial charge in [-0.05, 0) is 46.9 Å². The Morgan fingerprint density at radius 2 is 1.80 bits per heavy atom. The Balaban J connectivity index is 1.72. The minimum atomic E-state index is -0.575. The Morgan fingerprint density at radius 3 is 2.40 bits per heavy atom. The van der Waals surface area contributed by atoms with Crippen molar-refractivity contribution in [1.29, 1.82) is 0 Å². The summed E-state index contributed by atoms with van der Waals surface area (Å²) in [5.74, 6) is -0.353. The molecular formula is C18H24N4O3. The van der Waals surface area contributed by atoms with Gasteiger partial charge in [-0.25, -0.2) is 4.79 Å². The standard InChI is InChI=1S/C18H24N4O3/c1-17(2)10-13(11-18(3,4)22(17)5)24-16(23)15-20-14(21-25-15)12-6-8-19-9-7-12/h6-9,13H,10-11H2,1-5H3. The van der Waals surface area contributed by atoms with Crippen LogP contribution in [-0.4, -0.2) is 50.2 Å². The largest absolute Gasteiger partial charge is 0.455 e. The van der Waals surface area contributed by atoms with Gasteiger partial charge in [-0.1, -0.05) is 5.16 Å². The fourth-order valence-corrected chi connectivity index (χ4v) is 3.49. The first-order valence-electron chi connectivity index (χ1n) is 8.38. The van der Waals surface area contributed by atoms with E-state index in [-0.39, 0.29) is 23.1 Å². The van der Waals surface area contributed by atoms with Crippen molar-refractivity contribution in [1.82, 2.24) is 20.0 Å². The van der Waals surface area contributed by atoms with E-state index in [0.717, 1.165) is 18.4 Å². The van der Waals surface area contributed by atoms with E-state index in [0.29, 0.717) is 5.82 Å². The van der Waals surface area contributed by atoms with E-state index >= 15 is 0 Å². The fraction of sp³-hybridized carbons (Fsp3) is 0.556. The molecule has 0 aromatic carbocycles. The molecule has 0 unspecified atom stereocenters. The monoisotopic (exact) mass is 344 g/mol. The normalized spacial score (nSPS) is 20.4. The molecule has 0 aliphatic carbocycles. The summed E-state index contributed by atoms with van der Waals surface area (Å²) in [6.45, 7) is 8.62. The molecule has 3 rings (SSSR count). The van der Waals surface area contributed by atoms with Crippen molar-refractivity contribution in [3.8, 4) is 11.4 Å². The summed E-state index contributed by atoms with van der Waals surface area (Å²) in [6.07, 6.45) is 4.58. The van der Waals surface area contributed by atoms with Crippen LogP contribution in [0.4, 0.5) is 0 Å². The van der Waals surface area contributed by atoms with Crippen LogP contribution in [-0.2, 0) is 4.74 Å². The van der Waals surface area contributed by atoms with Gasteiger partial charge in [-0.3, -0.25) is 9.88 Å². The average Bonchev–Trinajstić information content (AvgIpc) is 3.03. The van der Waals surface area contributed by atoms with Gasteiger partial charge >= 0.3 is 11.9 Å². The van der Waals surface area contributed by atoms with Gasteiger partial charge in [-0.2, -0.15) is 4.98 Å². The maximum Gasteiger partial charge on any atom is 0.397 e. The Bertz CT molecular complexity index is 737. The van der Waals surface area contributed by atoms with Crippen molar-refractivity contribution in [3.05, 3.63) is 30.4 Å². The molecule has 0 atom stereocenters. The second-order valence-electron chi connectivity index (χ2n) is 7.78. The summed E-state index contributed by atoms with van der Waals surface area (Å²) in [4.78, 5) is 22.8. The SMILES string of the molecule is CN1C(C)(C)CC(OC(=O)c2nc(-c3ccncc3)no2)CC1(C)C. The number of pyridine rings is 1. The first-order valence-corrected chi connectivity index (χ1v) is 8.38. The van der Waals surface area contributed by atoms with Gasteiger partial charge in [0.05, 0.1) is 0 Å². The molecule has 25 heavy (non-hydrogen) atoms. The highest BCUT2D eigenvalue weighted by atomic mass is 16.6. The molecule has 0 radical (unpaired) electrons. The lowest BCUT2D eigenvalue weighted by molar-refractivity contribution is -0.0745. The number of likely N-dealkylation sites (tertiary alicyclic amines) is 1. The van der Waals surface area contributed by atoms with Crippen molar-refractivity contribution in [2.75, 3.05) is 7.05 Å². The molecule has 0 saturated carbocycles. The number of rotatable bonds is 3. The highest BCUT2D eigenvalue weighted by Gasteiger charge is 2.44. The summed E-state index contributed by atoms with van der Waals surface area (Å²) in [5.41, 5.74) is 0.604. The Labute approximate surface area is 147 Å². The van der Waals surface area contributed by atoms with E-state index in [1.165, 1.54) is 0 Å². The number of carbonyl (C=O) groups is 1. The molecule has 0 bridgehead atoms. The fourth-order valence-electron chi connectivity index (χ4n) is 3.49. The van der Waals surface area contributed by atoms with Crippen LogP contribution in [0.5, 0.6) is 0 Å². The summed E-state index contributed by atoms with van der Waals surface area (Å²) >= 11 is 0. The van der Waals surface area contributed by atoms with Crippen LogP contribution in [0.25, 0.3) is 11.4 Å². The van der Waals surface area contributed by atoms with E-state index in [1.54, 1.807) is 24.5 Å². The maximum absolute atomic E-state index is 12.4. The number of carbonyl (C=O) groups excluding carboxylic acids is 1. The van der Waals surface area contributed by atoms with Crippen LogP contribution in [0, 0.1) is 0 Å². The molecule has 2 aromatic heterocycles. The zero-order chi connectivity index (χ0) is 18.2. The second kappa shape index (κ2) is 6.22. The van der Waals surface area contributed by atoms with Crippen molar-refractivity contribution >= 4 is 5.97 Å².